The van der Waals surface area contributed by atoms with Gasteiger partial charge in [-0.25, -0.2) is 0 Å². The smallest absolute Gasteiger partial charge is 0.0715 e. The van der Waals surface area contributed by atoms with Gasteiger partial charge in [0.05, 0.1) is 5.60 Å². The second kappa shape index (κ2) is 4.66. The summed E-state index contributed by atoms with van der Waals surface area (Å²) >= 11 is 0. The summed E-state index contributed by atoms with van der Waals surface area (Å²) in [5, 5.41) is 11.0. The molecule has 2 saturated carbocycles. The Morgan fingerprint density at radius 3 is 2.19 bits per heavy atom. The molecule has 0 saturated heterocycles. The van der Waals surface area contributed by atoms with Crippen LogP contribution < -0.4 is 5.73 Å². The van der Waals surface area contributed by atoms with Crippen LogP contribution in [0.15, 0.2) is 0 Å². The Kier molecular flexibility index (Phi) is 3.60. The van der Waals surface area contributed by atoms with Crippen molar-refractivity contribution >= 4 is 0 Å². The maximum absolute atomic E-state index is 11.0. The Balaban J connectivity index is 2.14. The van der Waals surface area contributed by atoms with Crippen LogP contribution in [0.4, 0.5) is 0 Å². The molecule has 2 aliphatic carbocycles. The largest absolute Gasteiger partial charge is 0.389 e. The van der Waals surface area contributed by atoms with E-state index in [0.717, 1.165) is 12.8 Å². The molecule has 2 aliphatic rings. The molecular weight excluding hydrogens is 198 g/mol. The van der Waals surface area contributed by atoms with E-state index in [1.54, 1.807) is 0 Å². The first-order valence-corrected chi connectivity index (χ1v) is 7.05. The standard InChI is InChI=1S/C14H27NO/c1-13(16,12-7-3-2-4-8-12)14(11-15)9-5-6-10-14/h12,16H,2-11,15H2,1H3. The molecule has 0 spiro atoms. The lowest BCUT2D eigenvalue weighted by molar-refractivity contribution is -0.116. The van der Waals surface area contributed by atoms with Gasteiger partial charge < -0.3 is 10.8 Å². The minimum absolute atomic E-state index is 0.0228. The van der Waals surface area contributed by atoms with Crippen molar-refractivity contribution in [1.82, 2.24) is 0 Å². The Morgan fingerprint density at radius 2 is 1.69 bits per heavy atom. The average Bonchev–Trinajstić information content (AvgIpc) is 2.80. The van der Waals surface area contributed by atoms with Crippen molar-refractivity contribution in [2.45, 2.75) is 70.3 Å². The summed E-state index contributed by atoms with van der Waals surface area (Å²) in [6.07, 6.45) is 11.1. The van der Waals surface area contributed by atoms with Crippen LogP contribution in [-0.4, -0.2) is 17.3 Å². The predicted octanol–water partition coefficient (Wildman–Crippen LogP) is 2.84. The lowest BCUT2D eigenvalue weighted by atomic mass is 9.62. The van der Waals surface area contributed by atoms with E-state index in [1.165, 1.54) is 44.9 Å². The number of nitrogens with two attached hydrogens (primary N) is 1. The Labute approximate surface area is 99.6 Å². The van der Waals surface area contributed by atoms with Crippen molar-refractivity contribution in [3.63, 3.8) is 0 Å². The highest BCUT2D eigenvalue weighted by atomic mass is 16.3. The maximum Gasteiger partial charge on any atom is 0.0715 e. The van der Waals surface area contributed by atoms with Crippen molar-refractivity contribution < 1.29 is 5.11 Å². The van der Waals surface area contributed by atoms with Gasteiger partial charge >= 0.3 is 0 Å². The number of aliphatic hydroxyl groups is 1. The van der Waals surface area contributed by atoms with Gasteiger partial charge in [-0.1, -0.05) is 32.1 Å². The molecule has 1 atom stereocenters. The molecule has 2 nitrogen and oxygen atoms in total. The van der Waals surface area contributed by atoms with Gasteiger partial charge in [0.25, 0.3) is 0 Å². The highest BCUT2D eigenvalue weighted by Gasteiger charge is 2.51. The van der Waals surface area contributed by atoms with Crippen molar-refractivity contribution in [2.24, 2.45) is 17.1 Å². The summed E-state index contributed by atoms with van der Waals surface area (Å²) < 4.78 is 0. The van der Waals surface area contributed by atoms with E-state index in [0.29, 0.717) is 12.5 Å². The Hall–Kier alpha value is -0.0800. The van der Waals surface area contributed by atoms with Crippen LogP contribution in [0, 0.1) is 11.3 Å². The molecule has 2 heteroatoms. The third-order valence-corrected chi connectivity index (χ3v) is 5.43. The zero-order valence-electron chi connectivity index (χ0n) is 10.7. The van der Waals surface area contributed by atoms with Crippen molar-refractivity contribution in [3.8, 4) is 0 Å². The van der Waals surface area contributed by atoms with E-state index < -0.39 is 5.60 Å². The zero-order valence-corrected chi connectivity index (χ0v) is 10.7. The quantitative estimate of drug-likeness (QED) is 0.776. The van der Waals surface area contributed by atoms with Gasteiger partial charge in [0.15, 0.2) is 0 Å². The minimum Gasteiger partial charge on any atom is -0.389 e. The molecule has 0 amide bonds. The number of rotatable bonds is 3. The fraction of sp³-hybridized carbons (Fsp3) is 1.00. The molecule has 0 aromatic carbocycles. The predicted molar refractivity (Wildman–Crippen MR) is 67.2 cm³/mol. The first kappa shape index (κ1) is 12.4. The second-order valence-electron chi connectivity index (χ2n) is 6.17. The van der Waals surface area contributed by atoms with E-state index in [4.69, 9.17) is 5.73 Å². The molecule has 1 unspecified atom stereocenters. The maximum atomic E-state index is 11.0. The normalized spacial score (nSPS) is 30.2. The summed E-state index contributed by atoms with van der Waals surface area (Å²) in [6, 6.07) is 0. The molecular formula is C14H27NO. The summed E-state index contributed by atoms with van der Waals surface area (Å²) in [5.74, 6) is 0.489. The van der Waals surface area contributed by atoms with E-state index in [1.807, 2.05) is 0 Å². The average molecular weight is 225 g/mol. The van der Waals surface area contributed by atoms with E-state index in [2.05, 4.69) is 6.92 Å². The summed E-state index contributed by atoms with van der Waals surface area (Å²) in [4.78, 5) is 0. The molecule has 2 fully saturated rings. The van der Waals surface area contributed by atoms with Crippen LogP contribution in [-0.2, 0) is 0 Å². The topological polar surface area (TPSA) is 46.2 Å². The van der Waals surface area contributed by atoms with Crippen molar-refractivity contribution in [1.29, 1.82) is 0 Å². The minimum atomic E-state index is -0.529. The SMILES string of the molecule is CC(O)(C1CCCCC1)C1(CN)CCCC1. The summed E-state index contributed by atoms with van der Waals surface area (Å²) in [7, 11) is 0. The summed E-state index contributed by atoms with van der Waals surface area (Å²) in [5.41, 5.74) is 5.50. The Morgan fingerprint density at radius 1 is 1.12 bits per heavy atom. The molecule has 3 N–H and O–H groups in total. The fourth-order valence-electron chi connectivity index (χ4n) is 4.07. The van der Waals surface area contributed by atoms with Crippen LogP contribution in [0.3, 0.4) is 0 Å². The molecule has 2 rings (SSSR count). The highest BCUT2D eigenvalue weighted by Crippen LogP contribution is 2.51. The first-order valence-electron chi connectivity index (χ1n) is 7.05. The van der Waals surface area contributed by atoms with Crippen LogP contribution >= 0.6 is 0 Å². The van der Waals surface area contributed by atoms with Gasteiger partial charge in [0.1, 0.15) is 0 Å². The van der Waals surface area contributed by atoms with Crippen LogP contribution in [0.25, 0.3) is 0 Å². The van der Waals surface area contributed by atoms with Gasteiger partial charge in [0.2, 0.25) is 0 Å². The lowest BCUT2D eigenvalue weighted by Crippen LogP contribution is -2.54. The van der Waals surface area contributed by atoms with Crippen molar-refractivity contribution in [3.05, 3.63) is 0 Å². The molecule has 0 aliphatic heterocycles. The first-order chi connectivity index (χ1) is 7.62. The molecule has 0 radical (unpaired) electrons. The number of hydrogen-bond donors (Lipinski definition) is 2. The zero-order chi connectivity index (χ0) is 11.6. The monoisotopic (exact) mass is 225 g/mol. The van der Waals surface area contributed by atoms with Crippen LogP contribution in [0.2, 0.25) is 0 Å². The summed E-state index contributed by atoms with van der Waals surface area (Å²) in [6.45, 7) is 2.73. The molecule has 0 aromatic rings. The van der Waals surface area contributed by atoms with Gasteiger partial charge in [-0.15, -0.1) is 0 Å². The third kappa shape index (κ3) is 1.91. The molecule has 0 bridgehead atoms. The molecule has 16 heavy (non-hydrogen) atoms. The lowest BCUT2D eigenvalue weighted by Gasteiger charge is -2.48. The molecule has 94 valence electrons. The van der Waals surface area contributed by atoms with Gasteiger partial charge in [0, 0.05) is 12.0 Å². The van der Waals surface area contributed by atoms with Gasteiger partial charge in [-0.2, -0.15) is 0 Å². The van der Waals surface area contributed by atoms with E-state index >= 15 is 0 Å². The number of hydrogen-bond acceptors (Lipinski definition) is 2. The van der Waals surface area contributed by atoms with Crippen molar-refractivity contribution in [2.75, 3.05) is 6.54 Å². The molecule has 0 heterocycles. The molecule has 0 aromatic heterocycles. The van der Waals surface area contributed by atoms with Crippen LogP contribution in [0.5, 0.6) is 0 Å². The van der Waals surface area contributed by atoms with E-state index in [9.17, 15) is 5.11 Å². The van der Waals surface area contributed by atoms with E-state index in [-0.39, 0.29) is 5.41 Å². The van der Waals surface area contributed by atoms with Gasteiger partial charge in [-0.05, 0) is 38.5 Å². The van der Waals surface area contributed by atoms with Crippen LogP contribution in [0.1, 0.15) is 64.7 Å². The Bertz CT molecular complexity index is 225. The fourth-order valence-corrected chi connectivity index (χ4v) is 4.07. The van der Waals surface area contributed by atoms with Gasteiger partial charge in [-0.3, -0.25) is 0 Å². The third-order valence-electron chi connectivity index (χ3n) is 5.43. The second-order valence-corrected chi connectivity index (χ2v) is 6.17. The highest BCUT2D eigenvalue weighted by molar-refractivity contribution is 5.03.